The smallest absolute Gasteiger partial charge is 0.0710 e. The first-order valence-corrected chi connectivity index (χ1v) is 8.34. The predicted octanol–water partition coefficient (Wildman–Crippen LogP) is 2.41. The van der Waals surface area contributed by atoms with Crippen molar-refractivity contribution in [3.05, 3.63) is 0 Å². The molecule has 0 radical (unpaired) electrons. The van der Waals surface area contributed by atoms with E-state index in [0.717, 1.165) is 5.92 Å². The fourth-order valence-electron chi connectivity index (χ4n) is 4.47. The third kappa shape index (κ3) is 3.32. The van der Waals surface area contributed by atoms with Crippen molar-refractivity contribution in [2.24, 2.45) is 5.92 Å². The second-order valence-electron chi connectivity index (χ2n) is 6.99. The lowest BCUT2D eigenvalue weighted by molar-refractivity contribution is -0.0505. The van der Waals surface area contributed by atoms with Gasteiger partial charge < -0.3 is 15.0 Å². The number of hydrogen-bond acceptors (Lipinski definition) is 3. The van der Waals surface area contributed by atoms with Gasteiger partial charge in [-0.3, -0.25) is 0 Å². The summed E-state index contributed by atoms with van der Waals surface area (Å²) in [5, 5.41) is 3.33. The zero-order chi connectivity index (χ0) is 13.1. The van der Waals surface area contributed by atoms with Crippen LogP contribution in [0, 0.1) is 5.92 Å². The summed E-state index contributed by atoms with van der Waals surface area (Å²) in [7, 11) is 2.07. The van der Waals surface area contributed by atoms with Gasteiger partial charge in [-0.2, -0.15) is 0 Å². The molecule has 3 rings (SSSR count). The summed E-state index contributed by atoms with van der Waals surface area (Å²) >= 11 is 0. The van der Waals surface area contributed by atoms with Crippen LogP contribution >= 0.6 is 0 Å². The second kappa shape index (κ2) is 6.11. The molecule has 2 unspecified atom stereocenters. The molecule has 2 atom stereocenters. The largest absolute Gasteiger partial charge is 0.370 e. The summed E-state index contributed by atoms with van der Waals surface area (Å²) in [4.78, 5) is 2.66. The minimum absolute atomic E-state index is 0.310. The molecule has 0 aromatic heterocycles. The summed E-state index contributed by atoms with van der Waals surface area (Å²) in [6.45, 7) is 4.91. The molecule has 1 aliphatic carbocycles. The molecular weight excluding hydrogens is 236 g/mol. The molecule has 1 saturated carbocycles. The standard InChI is InChI=1S/C16H30N2O/c1-17-11-14-5-4-10-18(12-14)13-15-6-9-16(19-15)7-2-3-8-16/h14-15,17H,2-13H2,1H3. The highest BCUT2D eigenvalue weighted by atomic mass is 16.5. The van der Waals surface area contributed by atoms with Crippen LogP contribution < -0.4 is 5.32 Å². The average molecular weight is 266 g/mol. The molecule has 2 heterocycles. The first kappa shape index (κ1) is 13.8. The Morgan fingerprint density at radius 3 is 2.79 bits per heavy atom. The molecule has 3 nitrogen and oxygen atoms in total. The van der Waals surface area contributed by atoms with Crippen molar-refractivity contribution in [3.8, 4) is 0 Å². The Morgan fingerprint density at radius 1 is 1.16 bits per heavy atom. The van der Waals surface area contributed by atoms with Crippen LogP contribution in [0.5, 0.6) is 0 Å². The Hall–Kier alpha value is -0.120. The number of nitrogens with one attached hydrogen (secondary N) is 1. The highest BCUT2D eigenvalue weighted by molar-refractivity contribution is 4.93. The van der Waals surface area contributed by atoms with E-state index >= 15 is 0 Å². The van der Waals surface area contributed by atoms with Crippen LogP contribution in [0.25, 0.3) is 0 Å². The molecule has 0 amide bonds. The number of likely N-dealkylation sites (tertiary alicyclic amines) is 1. The Balaban J connectivity index is 1.46. The maximum absolute atomic E-state index is 6.45. The Bertz CT molecular complexity index is 286. The quantitative estimate of drug-likeness (QED) is 0.846. The number of nitrogens with zero attached hydrogens (tertiary/aromatic N) is 1. The lowest BCUT2D eigenvalue weighted by Crippen LogP contribution is -2.43. The van der Waals surface area contributed by atoms with Crippen molar-refractivity contribution in [3.63, 3.8) is 0 Å². The Labute approximate surface area is 118 Å². The zero-order valence-electron chi connectivity index (χ0n) is 12.5. The topological polar surface area (TPSA) is 24.5 Å². The molecule has 2 aliphatic heterocycles. The number of rotatable bonds is 4. The van der Waals surface area contributed by atoms with Gasteiger partial charge in [-0.25, -0.2) is 0 Å². The van der Waals surface area contributed by atoms with Gasteiger partial charge in [0.1, 0.15) is 0 Å². The third-order valence-electron chi connectivity index (χ3n) is 5.41. The van der Waals surface area contributed by atoms with Crippen LogP contribution in [0.1, 0.15) is 51.4 Å². The van der Waals surface area contributed by atoms with Crippen LogP contribution in [0.3, 0.4) is 0 Å². The number of piperidine rings is 1. The summed E-state index contributed by atoms with van der Waals surface area (Å²) in [6.07, 6.45) is 11.3. The van der Waals surface area contributed by atoms with Gasteiger partial charge in [0.15, 0.2) is 0 Å². The monoisotopic (exact) mass is 266 g/mol. The number of ether oxygens (including phenoxy) is 1. The minimum atomic E-state index is 0.310. The molecule has 0 aromatic carbocycles. The normalized spacial score (nSPS) is 35.2. The summed E-state index contributed by atoms with van der Waals surface area (Å²) in [6, 6.07) is 0. The molecule has 3 fully saturated rings. The van der Waals surface area contributed by atoms with Crippen molar-refractivity contribution in [1.82, 2.24) is 10.2 Å². The molecule has 110 valence electrons. The number of hydrogen-bond donors (Lipinski definition) is 1. The van der Waals surface area contributed by atoms with Gasteiger partial charge in [-0.15, -0.1) is 0 Å². The van der Waals surface area contributed by atoms with Crippen molar-refractivity contribution in [2.75, 3.05) is 33.2 Å². The van der Waals surface area contributed by atoms with Gasteiger partial charge in [-0.1, -0.05) is 12.8 Å². The summed E-state index contributed by atoms with van der Waals surface area (Å²) < 4.78 is 6.45. The zero-order valence-corrected chi connectivity index (χ0v) is 12.5. The molecule has 19 heavy (non-hydrogen) atoms. The SMILES string of the molecule is CNCC1CCCN(CC2CCC3(CCCC3)O2)C1. The van der Waals surface area contributed by atoms with E-state index in [1.54, 1.807) is 0 Å². The van der Waals surface area contributed by atoms with E-state index in [-0.39, 0.29) is 0 Å². The Morgan fingerprint density at radius 2 is 2.00 bits per heavy atom. The summed E-state index contributed by atoms with van der Waals surface area (Å²) in [5.74, 6) is 0.848. The van der Waals surface area contributed by atoms with Gasteiger partial charge in [-0.05, 0) is 64.6 Å². The first-order valence-electron chi connectivity index (χ1n) is 8.34. The van der Waals surface area contributed by atoms with Crippen LogP contribution in [0.4, 0.5) is 0 Å². The van der Waals surface area contributed by atoms with Crippen molar-refractivity contribution in [1.29, 1.82) is 0 Å². The lowest BCUT2D eigenvalue weighted by atomic mass is 9.97. The van der Waals surface area contributed by atoms with Crippen molar-refractivity contribution >= 4 is 0 Å². The predicted molar refractivity (Wildman–Crippen MR) is 78.4 cm³/mol. The maximum atomic E-state index is 6.45. The molecule has 0 aromatic rings. The van der Waals surface area contributed by atoms with E-state index in [2.05, 4.69) is 17.3 Å². The summed E-state index contributed by atoms with van der Waals surface area (Å²) in [5.41, 5.74) is 0.310. The minimum Gasteiger partial charge on any atom is -0.370 e. The molecule has 3 heteroatoms. The maximum Gasteiger partial charge on any atom is 0.0710 e. The second-order valence-corrected chi connectivity index (χ2v) is 6.99. The van der Waals surface area contributed by atoms with Gasteiger partial charge in [0, 0.05) is 13.1 Å². The third-order valence-corrected chi connectivity index (χ3v) is 5.41. The fourth-order valence-corrected chi connectivity index (χ4v) is 4.47. The van der Waals surface area contributed by atoms with Gasteiger partial charge in [0.2, 0.25) is 0 Å². The van der Waals surface area contributed by atoms with Crippen molar-refractivity contribution in [2.45, 2.75) is 63.1 Å². The molecule has 1 spiro atoms. The molecule has 3 aliphatic rings. The van der Waals surface area contributed by atoms with E-state index < -0.39 is 0 Å². The van der Waals surface area contributed by atoms with E-state index in [9.17, 15) is 0 Å². The van der Waals surface area contributed by atoms with Crippen molar-refractivity contribution < 1.29 is 4.74 Å². The molecule has 0 bridgehead atoms. The average Bonchev–Trinajstić information content (AvgIpc) is 3.02. The highest BCUT2D eigenvalue weighted by Crippen LogP contribution is 2.43. The molecule has 2 saturated heterocycles. The van der Waals surface area contributed by atoms with Gasteiger partial charge >= 0.3 is 0 Å². The van der Waals surface area contributed by atoms with E-state index in [4.69, 9.17) is 4.74 Å². The lowest BCUT2D eigenvalue weighted by Gasteiger charge is -2.34. The van der Waals surface area contributed by atoms with E-state index in [1.807, 2.05) is 0 Å². The van der Waals surface area contributed by atoms with Crippen LogP contribution in [0.15, 0.2) is 0 Å². The van der Waals surface area contributed by atoms with E-state index in [1.165, 1.54) is 77.5 Å². The van der Waals surface area contributed by atoms with Gasteiger partial charge in [0.05, 0.1) is 11.7 Å². The Kier molecular flexibility index (Phi) is 4.45. The van der Waals surface area contributed by atoms with Gasteiger partial charge in [0.25, 0.3) is 0 Å². The fraction of sp³-hybridized carbons (Fsp3) is 1.00. The molecule has 1 N–H and O–H groups in total. The highest BCUT2D eigenvalue weighted by Gasteiger charge is 2.42. The molecular formula is C16H30N2O. The van der Waals surface area contributed by atoms with E-state index in [0.29, 0.717) is 11.7 Å². The first-order chi connectivity index (χ1) is 9.30. The van der Waals surface area contributed by atoms with Crippen LogP contribution in [0.2, 0.25) is 0 Å². The van der Waals surface area contributed by atoms with Crippen LogP contribution in [-0.4, -0.2) is 49.8 Å². The van der Waals surface area contributed by atoms with Crippen LogP contribution in [-0.2, 0) is 4.74 Å².